The molecule has 0 saturated carbocycles. The summed E-state index contributed by atoms with van der Waals surface area (Å²) in [6.45, 7) is 3.84. The number of carbonyl (C=O) groups excluding carboxylic acids is 2. The van der Waals surface area contributed by atoms with E-state index < -0.39 is 0 Å². The molecule has 0 unspecified atom stereocenters. The molecule has 6 heteroatoms. The molecule has 0 radical (unpaired) electrons. The summed E-state index contributed by atoms with van der Waals surface area (Å²) in [7, 11) is 0. The lowest BCUT2D eigenvalue weighted by molar-refractivity contribution is -0.117. The smallest absolute Gasteiger partial charge is 0.255 e. The van der Waals surface area contributed by atoms with E-state index in [0.29, 0.717) is 25.1 Å². The molecular formula is C24H26N4O2. The fraction of sp³-hybridized carbons (Fsp3) is 0.292. The van der Waals surface area contributed by atoms with Gasteiger partial charge in [-0.25, -0.2) is 0 Å². The van der Waals surface area contributed by atoms with E-state index in [0.717, 1.165) is 41.9 Å². The number of benzene rings is 2. The second kappa shape index (κ2) is 8.95. The third-order valence-corrected chi connectivity index (χ3v) is 5.45. The van der Waals surface area contributed by atoms with Gasteiger partial charge in [-0.3, -0.25) is 14.3 Å². The van der Waals surface area contributed by atoms with Crippen LogP contribution in [0.5, 0.6) is 0 Å². The van der Waals surface area contributed by atoms with Crippen LogP contribution < -0.4 is 10.2 Å². The maximum Gasteiger partial charge on any atom is 0.255 e. The minimum Gasteiger partial charge on any atom is -0.348 e. The predicted octanol–water partition coefficient (Wildman–Crippen LogP) is 3.55. The Morgan fingerprint density at radius 3 is 2.63 bits per heavy atom. The van der Waals surface area contributed by atoms with Gasteiger partial charge in [-0.2, -0.15) is 5.10 Å². The van der Waals surface area contributed by atoms with E-state index in [1.54, 1.807) is 6.20 Å². The van der Waals surface area contributed by atoms with Crippen molar-refractivity contribution in [3.05, 3.63) is 83.2 Å². The first kappa shape index (κ1) is 19.9. The van der Waals surface area contributed by atoms with Gasteiger partial charge in [-0.15, -0.1) is 0 Å². The SMILES string of the molecule is CCc1c(C(=O)NCc2cccc(N3CCCC3=O)c2)cnn1Cc1ccccc1. The van der Waals surface area contributed by atoms with Crippen molar-refractivity contribution in [3.63, 3.8) is 0 Å². The Bertz CT molecular complexity index is 1040. The first-order valence-electron chi connectivity index (χ1n) is 10.4. The maximum atomic E-state index is 12.8. The highest BCUT2D eigenvalue weighted by Crippen LogP contribution is 2.22. The van der Waals surface area contributed by atoms with Gasteiger partial charge in [-0.1, -0.05) is 49.4 Å². The van der Waals surface area contributed by atoms with E-state index in [1.165, 1.54) is 0 Å². The Morgan fingerprint density at radius 1 is 1.10 bits per heavy atom. The first-order chi connectivity index (χ1) is 14.7. The van der Waals surface area contributed by atoms with Crippen LogP contribution in [0.2, 0.25) is 0 Å². The molecule has 1 aliphatic heterocycles. The molecule has 2 amide bonds. The van der Waals surface area contributed by atoms with E-state index in [2.05, 4.69) is 22.5 Å². The molecule has 30 heavy (non-hydrogen) atoms. The molecule has 2 heterocycles. The van der Waals surface area contributed by atoms with Crippen LogP contribution in [0.1, 0.15) is 46.9 Å². The van der Waals surface area contributed by atoms with Crippen LogP contribution in [0.15, 0.2) is 60.8 Å². The lowest BCUT2D eigenvalue weighted by atomic mass is 10.1. The molecule has 0 aliphatic carbocycles. The quantitative estimate of drug-likeness (QED) is 0.657. The van der Waals surface area contributed by atoms with E-state index in [9.17, 15) is 9.59 Å². The number of hydrogen-bond donors (Lipinski definition) is 1. The Kier molecular flexibility index (Phi) is 5.93. The molecule has 1 N–H and O–H groups in total. The number of anilines is 1. The topological polar surface area (TPSA) is 67.2 Å². The van der Waals surface area contributed by atoms with E-state index in [1.807, 2.05) is 59.0 Å². The van der Waals surface area contributed by atoms with E-state index >= 15 is 0 Å². The highest BCUT2D eigenvalue weighted by molar-refractivity contribution is 5.96. The molecule has 1 aliphatic rings. The van der Waals surface area contributed by atoms with Crippen molar-refractivity contribution in [3.8, 4) is 0 Å². The lowest BCUT2D eigenvalue weighted by Crippen LogP contribution is -2.25. The summed E-state index contributed by atoms with van der Waals surface area (Å²) in [5.41, 5.74) is 4.55. The number of nitrogens with one attached hydrogen (secondary N) is 1. The largest absolute Gasteiger partial charge is 0.348 e. The van der Waals surface area contributed by atoms with Crippen molar-refractivity contribution in [2.45, 2.75) is 39.3 Å². The summed E-state index contributed by atoms with van der Waals surface area (Å²) < 4.78 is 1.89. The molecule has 4 rings (SSSR count). The number of aromatic nitrogens is 2. The molecule has 0 bridgehead atoms. The normalized spacial score (nSPS) is 13.6. The fourth-order valence-corrected chi connectivity index (χ4v) is 3.90. The fourth-order valence-electron chi connectivity index (χ4n) is 3.90. The van der Waals surface area contributed by atoms with Gasteiger partial charge >= 0.3 is 0 Å². The Labute approximate surface area is 176 Å². The van der Waals surface area contributed by atoms with Crippen molar-refractivity contribution in [2.24, 2.45) is 0 Å². The molecule has 2 aromatic carbocycles. The van der Waals surface area contributed by atoms with Gasteiger partial charge in [0.2, 0.25) is 5.91 Å². The molecular weight excluding hydrogens is 376 g/mol. The van der Waals surface area contributed by atoms with Gasteiger partial charge in [0.25, 0.3) is 5.91 Å². The zero-order valence-electron chi connectivity index (χ0n) is 17.2. The summed E-state index contributed by atoms with van der Waals surface area (Å²) >= 11 is 0. The summed E-state index contributed by atoms with van der Waals surface area (Å²) in [5.74, 6) is 0.0309. The second-order valence-corrected chi connectivity index (χ2v) is 7.50. The lowest BCUT2D eigenvalue weighted by Gasteiger charge is -2.16. The van der Waals surface area contributed by atoms with Crippen LogP contribution in [0.25, 0.3) is 0 Å². The number of amides is 2. The zero-order chi connectivity index (χ0) is 20.9. The molecule has 154 valence electrons. The standard InChI is InChI=1S/C24H26N4O2/c1-2-22-21(16-26-28(22)17-18-8-4-3-5-9-18)24(30)25-15-19-10-6-11-20(14-19)27-13-7-12-23(27)29/h3-6,8-11,14,16H,2,7,12-13,15,17H2,1H3,(H,25,30). The molecule has 3 aromatic rings. The Morgan fingerprint density at radius 2 is 1.90 bits per heavy atom. The summed E-state index contributed by atoms with van der Waals surface area (Å²) in [6, 6.07) is 17.9. The predicted molar refractivity (Wildman–Crippen MR) is 116 cm³/mol. The van der Waals surface area contributed by atoms with Gasteiger partial charge in [0, 0.05) is 25.2 Å². The van der Waals surface area contributed by atoms with Crippen molar-refractivity contribution < 1.29 is 9.59 Å². The second-order valence-electron chi connectivity index (χ2n) is 7.50. The van der Waals surface area contributed by atoms with Crippen LogP contribution in [0, 0.1) is 0 Å². The monoisotopic (exact) mass is 402 g/mol. The third kappa shape index (κ3) is 4.27. The van der Waals surface area contributed by atoms with Gasteiger partial charge in [-0.05, 0) is 36.1 Å². The van der Waals surface area contributed by atoms with Gasteiger partial charge in [0.15, 0.2) is 0 Å². The average molecular weight is 402 g/mol. The Balaban J connectivity index is 1.44. The number of nitrogens with zero attached hydrogens (tertiary/aromatic N) is 3. The zero-order valence-corrected chi connectivity index (χ0v) is 17.2. The number of carbonyl (C=O) groups is 2. The van der Waals surface area contributed by atoms with Crippen molar-refractivity contribution >= 4 is 17.5 Å². The highest BCUT2D eigenvalue weighted by Gasteiger charge is 2.22. The average Bonchev–Trinajstić information content (AvgIpc) is 3.38. The molecule has 1 fully saturated rings. The minimum atomic E-state index is -0.131. The van der Waals surface area contributed by atoms with Crippen molar-refractivity contribution in [1.82, 2.24) is 15.1 Å². The van der Waals surface area contributed by atoms with Crippen LogP contribution in [0.3, 0.4) is 0 Å². The van der Waals surface area contributed by atoms with Crippen LogP contribution in [-0.4, -0.2) is 28.1 Å². The summed E-state index contributed by atoms with van der Waals surface area (Å²) in [4.78, 5) is 26.6. The Hall–Kier alpha value is -3.41. The molecule has 6 nitrogen and oxygen atoms in total. The summed E-state index contributed by atoms with van der Waals surface area (Å²) in [6.07, 6.45) is 3.87. The highest BCUT2D eigenvalue weighted by atomic mass is 16.2. The minimum absolute atomic E-state index is 0.131. The third-order valence-electron chi connectivity index (χ3n) is 5.45. The number of hydrogen-bond acceptors (Lipinski definition) is 3. The van der Waals surface area contributed by atoms with Crippen molar-refractivity contribution in [1.29, 1.82) is 0 Å². The van der Waals surface area contributed by atoms with Gasteiger partial charge in [0.05, 0.1) is 24.0 Å². The van der Waals surface area contributed by atoms with Gasteiger partial charge in [0.1, 0.15) is 0 Å². The van der Waals surface area contributed by atoms with Crippen molar-refractivity contribution in [2.75, 3.05) is 11.4 Å². The van der Waals surface area contributed by atoms with E-state index in [-0.39, 0.29) is 11.8 Å². The maximum absolute atomic E-state index is 12.8. The van der Waals surface area contributed by atoms with Gasteiger partial charge < -0.3 is 10.2 Å². The molecule has 0 spiro atoms. The van der Waals surface area contributed by atoms with Crippen LogP contribution in [-0.2, 0) is 24.3 Å². The summed E-state index contributed by atoms with van der Waals surface area (Å²) in [5, 5.41) is 7.45. The molecule has 1 aromatic heterocycles. The molecule has 1 saturated heterocycles. The first-order valence-corrected chi connectivity index (χ1v) is 10.4. The molecule has 0 atom stereocenters. The van der Waals surface area contributed by atoms with E-state index in [4.69, 9.17) is 0 Å². The number of rotatable bonds is 7. The van der Waals surface area contributed by atoms with Crippen LogP contribution >= 0.6 is 0 Å². The van der Waals surface area contributed by atoms with Crippen LogP contribution in [0.4, 0.5) is 5.69 Å².